The van der Waals surface area contributed by atoms with E-state index in [1.165, 1.54) is 51.9 Å². The maximum absolute atomic E-state index is 5.73. The first-order valence-corrected chi connectivity index (χ1v) is 8.37. The predicted octanol–water partition coefficient (Wildman–Crippen LogP) is 1.42. The van der Waals surface area contributed by atoms with Crippen molar-refractivity contribution in [2.45, 2.75) is 44.8 Å². The third kappa shape index (κ3) is 5.32. The molecular formula is C16H33N3O. The van der Waals surface area contributed by atoms with E-state index in [1.54, 1.807) is 0 Å². The summed E-state index contributed by atoms with van der Waals surface area (Å²) in [6, 6.07) is 0.504. The molecule has 0 aromatic heterocycles. The van der Waals surface area contributed by atoms with Gasteiger partial charge < -0.3 is 19.9 Å². The molecule has 118 valence electrons. The van der Waals surface area contributed by atoms with Crippen LogP contribution in [-0.2, 0) is 4.74 Å². The molecule has 0 saturated carbocycles. The molecule has 2 rings (SSSR count). The molecule has 2 heterocycles. The zero-order valence-corrected chi connectivity index (χ0v) is 13.6. The molecule has 2 aliphatic heterocycles. The van der Waals surface area contributed by atoms with Crippen molar-refractivity contribution in [2.75, 3.05) is 53.4 Å². The number of rotatable bonds is 7. The molecule has 4 nitrogen and oxygen atoms in total. The average Bonchev–Trinajstić information content (AvgIpc) is 2.94. The second-order valence-corrected chi connectivity index (χ2v) is 6.84. The minimum absolute atomic E-state index is 0.445. The normalized spacial score (nSPS) is 27.3. The lowest BCUT2D eigenvalue weighted by Gasteiger charge is -2.33. The number of likely N-dealkylation sites (tertiary alicyclic amines) is 1. The molecule has 4 heteroatoms. The molecule has 0 spiro atoms. The van der Waals surface area contributed by atoms with Crippen molar-refractivity contribution in [1.82, 2.24) is 15.1 Å². The van der Waals surface area contributed by atoms with Crippen molar-refractivity contribution in [3.8, 4) is 0 Å². The minimum Gasteiger partial charge on any atom is -0.377 e. The molecule has 0 aromatic rings. The summed E-state index contributed by atoms with van der Waals surface area (Å²) in [5.41, 5.74) is 0. The molecule has 0 radical (unpaired) electrons. The van der Waals surface area contributed by atoms with Crippen LogP contribution in [-0.4, -0.2) is 75.4 Å². The van der Waals surface area contributed by atoms with Crippen LogP contribution in [0.2, 0.25) is 0 Å². The molecule has 0 aromatic carbocycles. The van der Waals surface area contributed by atoms with Gasteiger partial charge in [-0.15, -0.1) is 0 Å². The number of hydrogen-bond donors (Lipinski definition) is 1. The van der Waals surface area contributed by atoms with Crippen molar-refractivity contribution < 1.29 is 4.74 Å². The van der Waals surface area contributed by atoms with Gasteiger partial charge in [-0.3, -0.25) is 0 Å². The van der Waals surface area contributed by atoms with Gasteiger partial charge in [0.2, 0.25) is 0 Å². The Balaban J connectivity index is 1.54. The van der Waals surface area contributed by atoms with Gasteiger partial charge in [0.05, 0.1) is 6.10 Å². The first-order chi connectivity index (χ1) is 9.65. The van der Waals surface area contributed by atoms with Crippen LogP contribution < -0.4 is 5.32 Å². The van der Waals surface area contributed by atoms with Crippen LogP contribution >= 0.6 is 0 Å². The number of nitrogens with one attached hydrogen (secondary N) is 1. The molecule has 0 amide bonds. The molecule has 1 N–H and O–H groups in total. The SMILES string of the molecule is CC(NCCN1CCC(CN(C)C)CC1)C1CCCO1. The molecule has 2 aliphatic rings. The molecular weight excluding hydrogens is 250 g/mol. The highest BCUT2D eigenvalue weighted by Crippen LogP contribution is 2.18. The molecule has 0 bridgehead atoms. The van der Waals surface area contributed by atoms with Crippen LogP contribution in [0.1, 0.15) is 32.6 Å². The Hall–Kier alpha value is -0.160. The van der Waals surface area contributed by atoms with Crippen molar-refractivity contribution in [2.24, 2.45) is 5.92 Å². The molecule has 2 fully saturated rings. The van der Waals surface area contributed by atoms with Gasteiger partial charge in [0.15, 0.2) is 0 Å². The van der Waals surface area contributed by atoms with Gasteiger partial charge in [0.25, 0.3) is 0 Å². The Morgan fingerprint density at radius 3 is 2.60 bits per heavy atom. The van der Waals surface area contributed by atoms with Crippen LogP contribution in [0.3, 0.4) is 0 Å². The quantitative estimate of drug-likeness (QED) is 0.765. The Morgan fingerprint density at radius 1 is 1.25 bits per heavy atom. The Bertz CT molecular complexity index is 258. The number of piperidine rings is 1. The van der Waals surface area contributed by atoms with E-state index in [0.29, 0.717) is 12.1 Å². The predicted molar refractivity (Wildman–Crippen MR) is 84.2 cm³/mol. The molecule has 2 atom stereocenters. The molecule has 20 heavy (non-hydrogen) atoms. The van der Waals surface area contributed by atoms with Crippen LogP contribution in [0.5, 0.6) is 0 Å². The number of hydrogen-bond acceptors (Lipinski definition) is 4. The van der Waals surface area contributed by atoms with Crippen molar-refractivity contribution in [3.05, 3.63) is 0 Å². The fourth-order valence-corrected chi connectivity index (χ4v) is 3.49. The van der Waals surface area contributed by atoms with Gasteiger partial charge >= 0.3 is 0 Å². The fourth-order valence-electron chi connectivity index (χ4n) is 3.49. The van der Waals surface area contributed by atoms with E-state index in [4.69, 9.17) is 4.74 Å². The second kappa shape index (κ2) is 8.32. The van der Waals surface area contributed by atoms with Gasteiger partial charge in [-0.1, -0.05) is 0 Å². The monoisotopic (exact) mass is 283 g/mol. The van der Waals surface area contributed by atoms with Gasteiger partial charge in [0.1, 0.15) is 0 Å². The summed E-state index contributed by atoms with van der Waals surface area (Å²) in [4.78, 5) is 4.94. The summed E-state index contributed by atoms with van der Waals surface area (Å²) in [5, 5.41) is 3.64. The summed E-state index contributed by atoms with van der Waals surface area (Å²) in [7, 11) is 4.37. The first-order valence-electron chi connectivity index (χ1n) is 8.37. The second-order valence-electron chi connectivity index (χ2n) is 6.84. The van der Waals surface area contributed by atoms with Crippen LogP contribution in [0, 0.1) is 5.92 Å². The third-order valence-corrected chi connectivity index (χ3v) is 4.75. The number of nitrogens with zero attached hydrogens (tertiary/aromatic N) is 2. The molecule has 2 saturated heterocycles. The summed E-state index contributed by atoms with van der Waals surface area (Å²) >= 11 is 0. The summed E-state index contributed by atoms with van der Waals surface area (Å²) in [6.45, 7) is 9.30. The summed E-state index contributed by atoms with van der Waals surface area (Å²) < 4.78 is 5.73. The first kappa shape index (κ1) is 16.2. The summed E-state index contributed by atoms with van der Waals surface area (Å²) in [5.74, 6) is 0.903. The maximum atomic E-state index is 5.73. The minimum atomic E-state index is 0.445. The lowest BCUT2D eigenvalue weighted by molar-refractivity contribution is 0.0816. The maximum Gasteiger partial charge on any atom is 0.0726 e. The summed E-state index contributed by atoms with van der Waals surface area (Å²) in [6.07, 6.45) is 5.62. The third-order valence-electron chi connectivity index (χ3n) is 4.75. The number of ether oxygens (including phenoxy) is 1. The van der Waals surface area contributed by atoms with Gasteiger partial charge in [-0.25, -0.2) is 0 Å². The zero-order chi connectivity index (χ0) is 14.4. The molecule has 2 unspecified atom stereocenters. The Kier molecular flexibility index (Phi) is 6.75. The van der Waals surface area contributed by atoms with Crippen LogP contribution in [0.4, 0.5) is 0 Å². The van der Waals surface area contributed by atoms with Crippen LogP contribution in [0.15, 0.2) is 0 Å². The Labute approximate surface area is 124 Å². The highest BCUT2D eigenvalue weighted by atomic mass is 16.5. The van der Waals surface area contributed by atoms with E-state index in [0.717, 1.165) is 19.1 Å². The van der Waals surface area contributed by atoms with Crippen molar-refractivity contribution in [3.63, 3.8) is 0 Å². The van der Waals surface area contributed by atoms with Gasteiger partial charge in [-0.2, -0.15) is 0 Å². The zero-order valence-electron chi connectivity index (χ0n) is 13.6. The standard InChI is InChI=1S/C16H33N3O/c1-14(16-5-4-12-20-16)17-8-11-19-9-6-15(7-10-19)13-18(2)3/h14-17H,4-13H2,1-3H3. The average molecular weight is 283 g/mol. The van der Waals surface area contributed by atoms with Crippen molar-refractivity contribution in [1.29, 1.82) is 0 Å². The highest BCUT2D eigenvalue weighted by molar-refractivity contribution is 4.78. The van der Waals surface area contributed by atoms with E-state index >= 15 is 0 Å². The molecule has 0 aliphatic carbocycles. The smallest absolute Gasteiger partial charge is 0.0726 e. The van der Waals surface area contributed by atoms with Gasteiger partial charge in [-0.05, 0) is 65.7 Å². The van der Waals surface area contributed by atoms with Crippen LogP contribution in [0.25, 0.3) is 0 Å². The lowest BCUT2D eigenvalue weighted by atomic mass is 9.96. The van der Waals surface area contributed by atoms with Crippen molar-refractivity contribution >= 4 is 0 Å². The van der Waals surface area contributed by atoms with E-state index < -0.39 is 0 Å². The van der Waals surface area contributed by atoms with E-state index in [9.17, 15) is 0 Å². The van der Waals surface area contributed by atoms with Gasteiger partial charge in [0, 0.05) is 32.3 Å². The Morgan fingerprint density at radius 2 is 2.00 bits per heavy atom. The lowest BCUT2D eigenvalue weighted by Crippen LogP contribution is -2.44. The van der Waals surface area contributed by atoms with E-state index in [-0.39, 0.29) is 0 Å². The fraction of sp³-hybridized carbons (Fsp3) is 1.00. The van der Waals surface area contributed by atoms with E-state index in [1.807, 2.05) is 0 Å². The highest BCUT2D eigenvalue weighted by Gasteiger charge is 2.22. The van der Waals surface area contributed by atoms with E-state index in [2.05, 4.69) is 36.1 Å². The largest absolute Gasteiger partial charge is 0.377 e. The topological polar surface area (TPSA) is 27.7 Å².